The third-order valence-electron chi connectivity index (χ3n) is 5.09. The first-order chi connectivity index (χ1) is 13.3. The van der Waals surface area contributed by atoms with Gasteiger partial charge >= 0.3 is 6.03 Å². The molecule has 2 amide bonds. The number of amides is 2. The van der Waals surface area contributed by atoms with Crippen molar-refractivity contribution in [2.24, 2.45) is 0 Å². The third kappa shape index (κ3) is 4.32. The van der Waals surface area contributed by atoms with E-state index in [4.69, 9.17) is 4.74 Å². The minimum atomic E-state index is -0.0350. The van der Waals surface area contributed by atoms with Gasteiger partial charge in [-0.15, -0.1) is 0 Å². The standard InChI is InChI=1S/C19H26N6O2/c26-19(22-8-13-23-12-7-20-15-23)25-11-5-16(14-25)27-17-4-3-6-21-18(17)24-9-1-2-10-24/h3-4,6-7,12,15-16H,1-2,5,8-11,13-14H2,(H,22,26). The van der Waals surface area contributed by atoms with Gasteiger partial charge in [0.25, 0.3) is 0 Å². The molecule has 8 nitrogen and oxygen atoms in total. The molecule has 2 fully saturated rings. The van der Waals surface area contributed by atoms with E-state index in [9.17, 15) is 4.79 Å². The molecule has 2 aromatic rings. The van der Waals surface area contributed by atoms with E-state index in [2.05, 4.69) is 20.2 Å². The van der Waals surface area contributed by atoms with Crippen molar-refractivity contribution in [3.63, 3.8) is 0 Å². The van der Waals surface area contributed by atoms with Crippen molar-refractivity contribution in [3.8, 4) is 5.75 Å². The van der Waals surface area contributed by atoms with Crippen LogP contribution in [0.5, 0.6) is 5.75 Å². The Morgan fingerprint density at radius 1 is 1.26 bits per heavy atom. The van der Waals surface area contributed by atoms with Crippen LogP contribution in [0.3, 0.4) is 0 Å². The van der Waals surface area contributed by atoms with Gasteiger partial charge in [-0.1, -0.05) is 0 Å². The van der Waals surface area contributed by atoms with Gasteiger partial charge < -0.3 is 24.4 Å². The molecule has 4 heterocycles. The summed E-state index contributed by atoms with van der Waals surface area (Å²) >= 11 is 0. The molecular weight excluding hydrogens is 344 g/mol. The molecule has 27 heavy (non-hydrogen) atoms. The summed E-state index contributed by atoms with van der Waals surface area (Å²) in [6.45, 7) is 4.67. The van der Waals surface area contributed by atoms with Gasteiger partial charge in [0, 0.05) is 57.7 Å². The van der Waals surface area contributed by atoms with Gasteiger partial charge in [-0.3, -0.25) is 0 Å². The number of rotatable bonds is 6. The largest absolute Gasteiger partial charge is 0.485 e. The van der Waals surface area contributed by atoms with E-state index in [1.807, 2.05) is 34.0 Å². The van der Waals surface area contributed by atoms with Gasteiger partial charge in [-0.25, -0.2) is 14.8 Å². The van der Waals surface area contributed by atoms with Crippen molar-refractivity contribution in [3.05, 3.63) is 37.1 Å². The molecule has 0 radical (unpaired) electrons. The highest BCUT2D eigenvalue weighted by Crippen LogP contribution is 2.30. The molecule has 0 aromatic carbocycles. The molecule has 8 heteroatoms. The zero-order valence-electron chi connectivity index (χ0n) is 15.5. The number of likely N-dealkylation sites (tertiary alicyclic amines) is 1. The van der Waals surface area contributed by atoms with Crippen LogP contribution in [0.15, 0.2) is 37.1 Å². The van der Waals surface area contributed by atoms with Crippen LogP contribution in [-0.2, 0) is 6.54 Å². The maximum atomic E-state index is 12.4. The first kappa shape index (κ1) is 17.6. The maximum Gasteiger partial charge on any atom is 0.317 e. The monoisotopic (exact) mass is 370 g/mol. The zero-order chi connectivity index (χ0) is 18.5. The summed E-state index contributed by atoms with van der Waals surface area (Å²) in [7, 11) is 0. The number of carbonyl (C=O) groups is 1. The molecule has 1 N–H and O–H groups in total. The zero-order valence-corrected chi connectivity index (χ0v) is 15.5. The number of nitrogens with one attached hydrogen (secondary N) is 1. The Kier molecular flexibility index (Phi) is 5.41. The minimum Gasteiger partial charge on any atom is -0.485 e. The van der Waals surface area contributed by atoms with Crippen molar-refractivity contribution in [2.75, 3.05) is 37.6 Å². The van der Waals surface area contributed by atoms with Crippen molar-refractivity contribution in [1.82, 2.24) is 24.8 Å². The maximum absolute atomic E-state index is 12.4. The van der Waals surface area contributed by atoms with Crippen molar-refractivity contribution in [2.45, 2.75) is 31.9 Å². The number of hydrogen-bond acceptors (Lipinski definition) is 5. The fraction of sp³-hybridized carbons (Fsp3) is 0.526. The van der Waals surface area contributed by atoms with E-state index >= 15 is 0 Å². The Bertz CT molecular complexity index is 744. The van der Waals surface area contributed by atoms with E-state index in [1.165, 1.54) is 12.8 Å². The van der Waals surface area contributed by atoms with Crippen LogP contribution in [0, 0.1) is 0 Å². The number of carbonyl (C=O) groups excluding carboxylic acids is 1. The third-order valence-corrected chi connectivity index (χ3v) is 5.09. The number of nitrogens with zero attached hydrogens (tertiary/aromatic N) is 5. The average Bonchev–Trinajstić information content (AvgIpc) is 3.45. The first-order valence-electron chi connectivity index (χ1n) is 9.65. The minimum absolute atomic E-state index is 0.00921. The average molecular weight is 370 g/mol. The number of imidazole rings is 1. The van der Waals surface area contributed by atoms with Crippen LogP contribution in [0.4, 0.5) is 10.6 Å². The number of urea groups is 1. The second-order valence-electron chi connectivity index (χ2n) is 7.03. The fourth-order valence-corrected chi connectivity index (χ4v) is 3.65. The Labute approximate surface area is 159 Å². The van der Waals surface area contributed by atoms with Gasteiger partial charge in [-0.05, 0) is 25.0 Å². The lowest BCUT2D eigenvalue weighted by molar-refractivity contribution is 0.186. The van der Waals surface area contributed by atoms with Crippen LogP contribution in [0.2, 0.25) is 0 Å². The molecule has 0 saturated carbocycles. The molecular formula is C19H26N6O2. The summed E-state index contributed by atoms with van der Waals surface area (Å²) in [5, 5.41) is 2.97. The molecule has 2 aliphatic rings. The van der Waals surface area contributed by atoms with E-state index in [0.29, 0.717) is 26.2 Å². The Morgan fingerprint density at radius 3 is 2.96 bits per heavy atom. The topological polar surface area (TPSA) is 75.5 Å². The highest BCUT2D eigenvalue weighted by molar-refractivity contribution is 5.74. The lowest BCUT2D eigenvalue weighted by Gasteiger charge is -2.22. The second kappa shape index (κ2) is 8.28. The van der Waals surface area contributed by atoms with Gasteiger partial charge in [0.1, 0.15) is 6.10 Å². The van der Waals surface area contributed by atoms with Gasteiger partial charge in [-0.2, -0.15) is 0 Å². The number of anilines is 1. The molecule has 2 aromatic heterocycles. The SMILES string of the molecule is O=C(NCCn1ccnc1)N1CCC(Oc2cccnc2N2CCCC2)C1. The molecule has 4 rings (SSSR count). The van der Waals surface area contributed by atoms with Crippen molar-refractivity contribution < 1.29 is 9.53 Å². The van der Waals surface area contributed by atoms with Crippen LogP contribution >= 0.6 is 0 Å². The molecule has 0 bridgehead atoms. The summed E-state index contributed by atoms with van der Waals surface area (Å²) in [6.07, 6.45) is 10.4. The predicted molar refractivity (Wildman–Crippen MR) is 102 cm³/mol. The van der Waals surface area contributed by atoms with E-state index in [1.54, 1.807) is 12.5 Å². The molecule has 144 valence electrons. The fourth-order valence-electron chi connectivity index (χ4n) is 3.65. The Morgan fingerprint density at radius 2 is 2.15 bits per heavy atom. The molecule has 2 aliphatic heterocycles. The van der Waals surface area contributed by atoms with E-state index < -0.39 is 0 Å². The number of hydrogen-bond donors (Lipinski definition) is 1. The predicted octanol–water partition coefficient (Wildman–Crippen LogP) is 1.74. The van der Waals surface area contributed by atoms with E-state index in [-0.39, 0.29) is 12.1 Å². The van der Waals surface area contributed by atoms with Gasteiger partial charge in [0.2, 0.25) is 0 Å². The quantitative estimate of drug-likeness (QED) is 0.838. The van der Waals surface area contributed by atoms with Crippen molar-refractivity contribution in [1.29, 1.82) is 0 Å². The van der Waals surface area contributed by atoms with Crippen LogP contribution in [0.25, 0.3) is 0 Å². The van der Waals surface area contributed by atoms with Crippen molar-refractivity contribution >= 4 is 11.8 Å². The number of ether oxygens (including phenoxy) is 1. The van der Waals surface area contributed by atoms with Gasteiger partial charge in [0.15, 0.2) is 11.6 Å². The molecule has 0 spiro atoms. The summed E-state index contributed by atoms with van der Waals surface area (Å²) in [5.41, 5.74) is 0. The summed E-state index contributed by atoms with van der Waals surface area (Å²) in [6, 6.07) is 3.85. The first-order valence-corrected chi connectivity index (χ1v) is 9.65. The highest BCUT2D eigenvalue weighted by atomic mass is 16.5. The molecule has 2 saturated heterocycles. The summed E-state index contributed by atoms with van der Waals surface area (Å²) in [4.78, 5) is 25.0. The number of pyridine rings is 1. The number of aromatic nitrogens is 3. The molecule has 1 atom stereocenters. The normalized spacial score (nSPS) is 19.5. The second-order valence-corrected chi connectivity index (χ2v) is 7.03. The van der Waals surface area contributed by atoms with Crippen LogP contribution in [0.1, 0.15) is 19.3 Å². The molecule has 1 unspecified atom stereocenters. The smallest absolute Gasteiger partial charge is 0.317 e. The molecule has 0 aliphatic carbocycles. The highest BCUT2D eigenvalue weighted by Gasteiger charge is 2.29. The lowest BCUT2D eigenvalue weighted by Crippen LogP contribution is -2.40. The van der Waals surface area contributed by atoms with Crippen LogP contribution < -0.4 is 15.0 Å². The van der Waals surface area contributed by atoms with Gasteiger partial charge in [0.05, 0.1) is 12.9 Å². The summed E-state index contributed by atoms with van der Waals surface area (Å²) < 4.78 is 8.17. The summed E-state index contributed by atoms with van der Waals surface area (Å²) in [5.74, 6) is 1.75. The Balaban J connectivity index is 1.28. The van der Waals surface area contributed by atoms with E-state index in [0.717, 1.165) is 31.1 Å². The Hall–Kier alpha value is -2.77. The lowest BCUT2D eigenvalue weighted by atomic mass is 10.3. The van der Waals surface area contributed by atoms with Crippen LogP contribution in [-0.4, -0.2) is 64.3 Å².